The highest BCUT2D eigenvalue weighted by atomic mass is 35.5. The number of fused-ring (bicyclic) bond motifs is 1. The summed E-state index contributed by atoms with van der Waals surface area (Å²) in [5.74, 6) is 0.621. The lowest BCUT2D eigenvalue weighted by atomic mass is 10.3. The molecule has 0 aromatic carbocycles. The Morgan fingerprint density at radius 1 is 1.44 bits per heavy atom. The number of aryl methyl sites for hydroxylation is 1. The maximum absolute atomic E-state index is 12.5. The van der Waals surface area contributed by atoms with Crippen LogP contribution in [0.25, 0.3) is 5.65 Å². The average molecular weight is 246 g/mol. The van der Waals surface area contributed by atoms with Gasteiger partial charge in [0.1, 0.15) is 5.15 Å². The first-order valence-corrected chi connectivity index (χ1v) is 5.33. The summed E-state index contributed by atoms with van der Waals surface area (Å²) in [7, 11) is 0. The lowest BCUT2D eigenvalue weighted by Gasteiger charge is -2.01. The Kier molecular flexibility index (Phi) is 3.05. The van der Waals surface area contributed by atoms with Crippen molar-refractivity contribution < 1.29 is 8.78 Å². The molecule has 0 spiro atoms. The van der Waals surface area contributed by atoms with E-state index in [1.807, 2.05) is 6.92 Å². The number of rotatable bonds is 3. The molecular formula is C10H10ClF2N3. The van der Waals surface area contributed by atoms with Crippen LogP contribution < -0.4 is 0 Å². The Morgan fingerprint density at radius 2 is 2.19 bits per heavy atom. The summed E-state index contributed by atoms with van der Waals surface area (Å²) in [5, 5.41) is 4.29. The van der Waals surface area contributed by atoms with Crippen LogP contribution in [-0.4, -0.2) is 14.6 Å². The van der Waals surface area contributed by atoms with Crippen molar-refractivity contribution in [3.63, 3.8) is 0 Å². The molecule has 0 N–H and O–H groups in total. The van der Waals surface area contributed by atoms with Crippen LogP contribution in [0.4, 0.5) is 8.78 Å². The van der Waals surface area contributed by atoms with Gasteiger partial charge < -0.3 is 0 Å². The monoisotopic (exact) mass is 245 g/mol. The number of pyridine rings is 1. The highest BCUT2D eigenvalue weighted by Gasteiger charge is 2.13. The lowest BCUT2D eigenvalue weighted by molar-refractivity contribution is 0.151. The smallest absolute Gasteiger partial charge is 0.212 e. The van der Waals surface area contributed by atoms with E-state index in [1.54, 1.807) is 0 Å². The first-order valence-electron chi connectivity index (χ1n) is 4.95. The van der Waals surface area contributed by atoms with E-state index in [1.165, 1.54) is 16.6 Å². The second kappa shape index (κ2) is 4.33. The lowest BCUT2D eigenvalue weighted by Crippen LogP contribution is -1.94. The Morgan fingerprint density at radius 3 is 2.81 bits per heavy atom. The molecule has 0 bridgehead atoms. The summed E-state index contributed by atoms with van der Waals surface area (Å²) < 4.78 is 26.4. The first-order chi connectivity index (χ1) is 7.61. The van der Waals surface area contributed by atoms with Gasteiger partial charge in [-0.25, -0.2) is 18.3 Å². The quantitative estimate of drug-likeness (QED) is 0.777. The topological polar surface area (TPSA) is 30.2 Å². The number of hydrogen-bond acceptors (Lipinski definition) is 2. The Balaban J connectivity index is 2.54. The third-order valence-electron chi connectivity index (χ3n) is 2.19. The molecule has 0 amide bonds. The van der Waals surface area contributed by atoms with Crippen LogP contribution in [0.3, 0.4) is 0 Å². The predicted octanol–water partition coefficient (Wildman–Crippen LogP) is 3.27. The second-order valence-electron chi connectivity index (χ2n) is 3.46. The fraction of sp³-hybridized carbons (Fsp3) is 0.400. The van der Waals surface area contributed by atoms with Gasteiger partial charge in [-0.1, -0.05) is 18.5 Å². The van der Waals surface area contributed by atoms with Crippen molar-refractivity contribution in [1.82, 2.24) is 14.6 Å². The van der Waals surface area contributed by atoms with E-state index in [-0.39, 0.29) is 10.7 Å². The van der Waals surface area contributed by atoms with Gasteiger partial charge in [0.2, 0.25) is 0 Å². The normalized spacial score (nSPS) is 11.6. The van der Waals surface area contributed by atoms with E-state index in [4.69, 9.17) is 11.6 Å². The van der Waals surface area contributed by atoms with Crippen molar-refractivity contribution in [2.45, 2.75) is 26.2 Å². The summed E-state index contributed by atoms with van der Waals surface area (Å²) in [6, 6.07) is 2.52. The summed E-state index contributed by atoms with van der Waals surface area (Å²) >= 11 is 5.85. The summed E-state index contributed by atoms with van der Waals surface area (Å²) in [6.07, 6.45) is -0.938. The zero-order valence-electron chi connectivity index (χ0n) is 8.62. The minimum absolute atomic E-state index is 0.132. The maximum atomic E-state index is 12.5. The molecule has 0 atom stereocenters. The molecule has 0 fully saturated rings. The van der Waals surface area contributed by atoms with Gasteiger partial charge in [-0.3, -0.25) is 0 Å². The van der Waals surface area contributed by atoms with E-state index in [9.17, 15) is 8.78 Å². The van der Waals surface area contributed by atoms with Crippen LogP contribution >= 0.6 is 11.6 Å². The third-order valence-corrected chi connectivity index (χ3v) is 2.45. The number of halogens is 3. The van der Waals surface area contributed by atoms with Gasteiger partial charge in [-0.05, 0) is 18.6 Å². The molecule has 0 radical (unpaired) electrons. The third kappa shape index (κ3) is 2.00. The van der Waals surface area contributed by atoms with Crippen LogP contribution in [0, 0.1) is 0 Å². The molecule has 6 heteroatoms. The Labute approximate surface area is 96.1 Å². The fourth-order valence-corrected chi connectivity index (χ4v) is 1.71. The minimum Gasteiger partial charge on any atom is -0.212 e. The van der Waals surface area contributed by atoms with Gasteiger partial charge >= 0.3 is 0 Å². The van der Waals surface area contributed by atoms with E-state index >= 15 is 0 Å². The largest absolute Gasteiger partial charge is 0.264 e. The Hall–Kier alpha value is -1.23. The highest BCUT2D eigenvalue weighted by Crippen LogP contribution is 2.23. The maximum Gasteiger partial charge on any atom is 0.264 e. The fourth-order valence-electron chi connectivity index (χ4n) is 1.46. The van der Waals surface area contributed by atoms with Crippen LogP contribution in [0.2, 0.25) is 5.15 Å². The van der Waals surface area contributed by atoms with Gasteiger partial charge in [0, 0.05) is 12.0 Å². The molecule has 0 saturated carbocycles. The van der Waals surface area contributed by atoms with Gasteiger partial charge in [-0.15, -0.1) is 5.10 Å². The molecule has 2 heterocycles. The summed E-state index contributed by atoms with van der Waals surface area (Å²) in [4.78, 5) is 4.14. The molecule has 2 rings (SSSR count). The van der Waals surface area contributed by atoms with Crippen molar-refractivity contribution in [2.75, 3.05) is 0 Å². The van der Waals surface area contributed by atoms with Crippen LogP contribution in [0.15, 0.2) is 12.1 Å². The average Bonchev–Trinajstić information content (AvgIpc) is 2.61. The van der Waals surface area contributed by atoms with Crippen molar-refractivity contribution in [1.29, 1.82) is 0 Å². The SMILES string of the molecule is CCCc1nc2cc(C(F)F)cc(Cl)n2n1. The molecule has 0 aliphatic carbocycles. The molecule has 0 aliphatic rings. The van der Waals surface area contributed by atoms with Gasteiger partial charge in [0.15, 0.2) is 11.5 Å². The predicted molar refractivity (Wildman–Crippen MR) is 56.9 cm³/mol. The zero-order chi connectivity index (χ0) is 11.7. The standard InChI is InChI=1S/C10H10ClF2N3/c1-2-3-8-14-9-5-6(10(12)13)4-7(11)16(9)15-8/h4-5,10H,2-3H2,1H3. The Bertz CT molecular complexity index is 510. The zero-order valence-corrected chi connectivity index (χ0v) is 9.38. The molecule has 3 nitrogen and oxygen atoms in total. The van der Waals surface area contributed by atoms with Gasteiger partial charge in [-0.2, -0.15) is 0 Å². The molecule has 16 heavy (non-hydrogen) atoms. The van der Waals surface area contributed by atoms with Crippen molar-refractivity contribution in [2.24, 2.45) is 0 Å². The second-order valence-corrected chi connectivity index (χ2v) is 3.85. The van der Waals surface area contributed by atoms with Crippen LogP contribution in [0.5, 0.6) is 0 Å². The van der Waals surface area contributed by atoms with Gasteiger partial charge in [0.25, 0.3) is 6.43 Å². The molecule has 0 aliphatic heterocycles. The summed E-state index contributed by atoms with van der Waals surface area (Å²) in [5.41, 5.74) is 0.235. The first kappa shape index (κ1) is 11.3. The highest BCUT2D eigenvalue weighted by molar-refractivity contribution is 6.29. The van der Waals surface area contributed by atoms with Crippen molar-refractivity contribution in [3.8, 4) is 0 Å². The molecule has 2 aromatic heterocycles. The van der Waals surface area contributed by atoms with E-state index in [0.29, 0.717) is 17.9 Å². The van der Waals surface area contributed by atoms with E-state index in [0.717, 1.165) is 6.42 Å². The molecule has 0 saturated heterocycles. The van der Waals surface area contributed by atoms with Crippen molar-refractivity contribution >= 4 is 17.2 Å². The summed E-state index contributed by atoms with van der Waals surface area (Å²) in [6.45, 7) is 2.00. The van der Waals surface area contributed by atoms with Crippen LogP contribution in [0.1, 0.15) is 31.2 Å². The van der Waals surface area contributed by atoms with Gasteiger partial charge in [0.05, 0.1) is 0 Å². The molecule has 86 valence electrons. The van der Waals surface area contributed by atoms with E-state index in [2.05, 4.69) is 10.1 Å². The number of alkyl halides is 2. The number of nitrogens with zero attached hydrogens (tertiary/aromatic N) is 3. The minimum atomic E-state index is -2.55. The number of hydrogen-bond donors (Lipinski definition) is 0. The van der Waals surface area contributed by atoms with Crippen molar-refractivity contribution in [3.05, 3.63) is 28.7 Å². The molecule has 0 unspecified atom stereocenters. The molecular weight excluding hydrogens is 236 g/mol. The van der Waals surface area contributed by atoms with E-state index < -0.39 is 6.43 Å². The number of aromatic nitrogens is 3. The van der Waals surface area contributed by atoms with Crippen LogP contribution in [-0.2, 0) is 6.42 Å². The molecule has 2 aromatic rings.